The van der Waals surface area contributed by atoms with Gasteiger partial charge in [-0.3, -0.25) is 0 Å². The fourth-order valence-corrected chi connectivity index (χ4v) is 1.96. The van der Waals surface area contributed by atoms with Crippen LogP contribution in [0.15, 0.2) is 24.4 Å². The van der Waals surface area contributed by atoms with Crippen LogP contribution in [0.3, 0.4) is 0 Å². The van der Waals surface area contributed by atoms with E-state index in [2.05, 4.69) is 4.98 Å². The van der Waals surface area contributed by atoms with Gasteiger partial charge in [0, 0.05) is 17.7 Å². The summed E-state index contributed by atoms with van der Waals surface area (Å²) in [6.45, 7) is 0. The van der Waals surface area contributed by atoms with Crippen molar-refractivity contribution in [3.63, 3.8) is 0 Å². The van der Waals surface area contributed by atoms with Crippen molar-refractivity contribution >= 4 is 22.6 Å². The predicted molar refractivity (Wildman–Crippen MR) is 62.2 cm³/mol. The van der Waals surface area contributed by atoms with Crippen LogP contribution < -0.4 is 0 Å². The summed E-state index contributed by atoms with van der Waals surface area (Å²) in [7, 11) is 0. The second kappa shape index (κ2) is 4.59. The minimum absolute atomic E-state index is 0.0411. The molecule has 1 aromatic heterocycles. The van der Waals surface area contributed by atoms with Gasteiger partial charge in [0.2, 0.25) is 0 Å². The molecule has 0 radical (unpaired) electrons. The zero-order valence-corrected chi connectivity index (χ0v) is 10.3. The van der Waals surface area contributed by atoms with E-state index in [-0.39, 0.29) is 9.26 Å². The van der Waals surface area contributed by atoms with E-state index in [0.717, 1.165) is 12.3 Å². The lowest BCUT2D eigenvalue weighted by Gasteiger charge is -2.07. The van der Waals surface area contributed by atoms with E-state index in [1.54, 1.807) is 22.6 Å². The molecule has 0 saturated heterocycles. The van der Waals surface area contributed by atoms with Crippen molar-refractivity contribution in [1.82, 2.24) is 4.98 Å². The van der Waals surface area contributed by atoms with E-state index in [0.29, 0.717) is 12.1 Å². The lowest BCUT2D eigenvalue weighted by Crippen LogP contribution is -1.97. The maximum Gasteiger partial charge on any atom is 0.142 e. The Morgan fingerprint density at radius 2 is 1.47 bits per heavy atom. The Hall–Kier alpha value is -1.18. The van der Waals surface area contributed by atoms with Gasteiger partial charge in [-0.05, 0) is 28.7 Å². The number of benzene rings is 1. The Morgan fingerprint density at radius 3 is 2.06 bits per heavy atom. The third-order valence-electron chi connectivity index (χ3n) is 2.08. The van der Waals surface area contributed by atoms with Crippen molar-refractivity contribution in [2.45, 2.75) is 0 Å². The molecule has 0 amide bonds. The molecule has 0 fully saturated rings. The molecule has 1 aromatic carbocycles. The number of aromatic nitrogens is 1. The molecule has 0 unspecified atom stereocenters. The van der Waals surface area contributed by atoms with E-state index in [1.165, 1.54) is 0 Å². The van der Waals surface area contributed by atoms with Gasteiger partial charge in [0.15, 0.2) is 0 Å². The summed E-state index contributed by atoms with van der Waals surface area (Å²) < 4.78 is 52.9. The number of halogens is 5. The molecule has 2 rings (SSSR count). The molecule has 17 heavy (non-hydrogen) atoms. The summed E-state index contributed by atoms with van der Waals surface area (Å²) in [5.74, 6) is -3.92. The summed E-state index contributed by atoms with van der Waals surface area (Å²) in [5, 5.41) is 0. The Balaban J connectivity index is 2.72. The first-order chi connectivity index (χ1) is 7.99. The summed E-state index contributed by atoms with van der Waals surface area (Å²) in [5.41, 5.74) is -0.525. The Kier molecular flexibility index (Phi) is 3.32. The average Bonchev–Trinajstić information content (AvgIpc) is 2.21. The lowest BCUT2D eigenvalue weighted by atomic mass is 10.1. The Morgan fingerprint density at radius 1 is 0.882 bits per heavy atom. The Labute approximate surface area is 108 Å². The van der Waals surface area contributed by atoms with Gasteiger partial charge in [-0.1, -0.05) is 0 Å². The van der Waals surface area contributed by atoms with E-state index in [4.69, 9.17) is 0 Å². The SMILES string of the molecule is Fc1cc(F)c(-c2cc(F)cnc2I)c(F)c1. The van der Waals surface area contributed by atoms with Gasteiger partial charge in [-0.15, -0.1) is 0 Å². The molecule has 0 aliphatic carbocycles. The van der Waals surface area contributed by atoms with Crippen molar-refractivity contribution < 1.29 is 17.6 Å². The predicted octanol–water partition coefficient (Wildman–Crippen LogP) is 3.91. The van der Waals surface area contributed by atoms with Crippen LogP contribution in [0, 0.1) is 27.0 Å². The minimum atomic E-state index is -1.09. The van der Waals surface area contributed by atoms with E-state index < -0.39 is 28.8 Å². The molecule has 1 nitrogen and oxygen atoms in total. The van der Waals surface area contributed by atoms with Gasteiger partial charge in [-0.25, -0.2) is 22.5 Å². The van der Waals surface area contributed by atoms with E-state index in [9.17, 15) is 17.6 Å². The molecule has 0 aliphatic heterocycles. The van der Waals surface area contributed by atoms with Gasteiger partial charge in [-0.2, -0.15) is 0 Å². The monoisotopic (exact) mass is 353 g/mol. The first kappa shape index (κ1) is 12.3. The summed E-state index contributed by atoms with van der Waals surface area (Å²) >= 11 is 1.72. The van der Waals surface area contributed by atoms with Crippen LogP contribution >= 0.6 is 22.6 Å². The van der Waals surface area contributed by atoms with Crippen molar-refractivity contribution in [2.24, 2.45) is 0 Å². The maximum atomic E-state index is 13.5. The number of rotatable bonds is 1. The molecule has 88 valence electrons. The van der Waals surface area contributed by atoms with Crippen LogP contribution in [0.5, 0.6) is 0 Å². The molecule has 0 bridgehead atoms. The maximum absolute atomic E-state index is 13.5. The second-order valence-electron chi connectivity index (χ2n) is 3.24. The molecule has 2 aromatic rings. The first-order valence-electron chi connectivity index (χ1n) is 4.45. The number of nitrogens with zero attached hydrogens (tertiary/aromatic N) is 1. The molecule has 0 spiro atoms. The standard InChI is InChI=1S/C11H4F4IN/c12-5-2-8(14)10(9(15)3-5)7-1-6(13)4-17-11(7)16/h1-4H. The van der Waals surface area contributed by atoms with Crippen molar-refractivity contribution in [1.29, 1.82) is 0 Å². The van der Waals surface area contributed by atoms with Crippen molar-refractivity contribution in [3.8, 4) is 11.1 Å². The summed E-state index contributed by atoms with van der Waals surface area (Å²) in [4.78, 5) is 3.64. The van der Waals surface area contributed by atoms with Crippen molar-refractivity contribution in [2.75, 3.05) is 0 Å². The van der Waals surface area contributed by atoms with Gasteiger partial charge in [0.25, 0.3) is 0 Å². The topological polar surface area (TPSA) is 12.9 Å². The summed E-state index contributed by atoms with van der Waals surface area (Å²) in [6, 6.07) is 2.03. The van der Waals surface area contributed by atoms with E-state index in [1.807, 2.05) is 0 Å². The molecule has 6 heteroatoms. The molecule has 0 atom stereocenters. The Bertz CT molecular complexity index is 563. The molecule has 1 heterocycles. The van der Waals surface area contributed by atoms with Crippen LogP contribution in [0.1, 0.15) is 0 Å². The van der Waals surface area contributed by atoms with Crippen LogP contribution in [0.4, 0.5) is 17.6 Å². The quantitative estimate of drug-likeness (QED) is 0.430. The highest BCUT2D eigenvalue weighted by atomic mass is 127. The minimum Gasteiger partial charge on any atom is -0.247 e. The van der Waals surface area contributed by atoms with Gasteiger partial charge < -0.3 is 0 Å². The zero-order chi connectivity index (χ0) is 12.6. The molecular formula is C11H4F4IN. The fraction of sp³-hybridized carbons (Fsp3) is 0. The number of pyridine rings is 1. The van der Waals surface area contributed by atoms with Crippen LogP contribution in [-0.2, 0) is 0 Å². The third-order valence-corrected chi connectivity index (χ3v) is 2.94. The van der Waals surface area contributed by atoms with E-state index >= 15 is 0 Å². The zero-order valence-electron chi connectivity index (χ0n) is 8.15. The molecule has 0 N–H and O–H groups in total. The number of hydrogen-bond donors (Lipinski definition) is 0. The van der Waals surface area contributed by atoms with Crippen LogP contribution in [-0.4, -0.2) is 4.98 Å². The van der Waals surface area contributed by atoms with Gasteiger partial charge in [0.1, 0.15) is 27.0 Å². The van der Waals surface area contributed by atoms with Crippen LogP contribution in [0.25, 0.3) is 11.1 Å². The average molecular weight is 353 g/mol. The largest absolute Gasteiger partial charge is 0.247 e. The van der Waals surface area contributed by atoms with Gasteiger partial charge in [0.05, 0.1) is 11.8 Å². The van der Waals surface area contributed by atoms with Crippen LogP contribution in [0.2, 0.25) is 0 Å². The smallest absolute Gasteiger partial charge is 0.142 e. The van der Waals surface area contributed by atoms with Crippen molar-refractivity contribution in [3.05, 3.63) is 51.4 Å². The highest BCUT2D eigenvalue weighted by Crippen LogP contribution is 2.30. The summed E-state index contributed by atoms with van der Waals surface area (Å²) in [6.07, 6.45) is 0.935. The second-order valence-corrected chi connectivity index (χ2v) is 4.26. The van der Waals surface area contributed by atoms with Gasteiger partial charge >= 0.3 is 0 Å². The first-order valence-corrected chi connectivity index (χ1v) is 5.53. The highest BCUT2D eigenvalue weighted by Gasteiger charge is 2.17. The normalized spacial score (nSPS) is 10.6. The molecule has 0 aliphatic rings. The molecule has 0 saturated carbocycles. The molecular weight excluding hydrogens is 349 g/mol. The number of hydrogen-bond acceptors (Lipinski definition) is 1. The lowest BCUT2D eigenvalue weighted by molar-refractivity contribution is 0.547. The third kappa shape index (κ3) is 2.41. The highest BCUT2D eigenvalue weighted by molar-refractivity contribution is 14.1. The fourth-order valence-electron chi connectivity index (χ4n) is 1.40.